The summed E-state index contributed by atoms with van der Waals surface area (Å²) in [6.45, 7) is -0.194. The van der Waals surface area contributed by atoms with E-state index in [2.05, 4.69) is 10.1 Å². The van der Waals surface area contributed by atoms with Crippen LogP contribution in [0.25, 0.3) is 11.1 Å². The number of rotatable bonds is 5. The Balaban J connectivity index is 1.62. The molecule has 3 heterocycles. The molecule has 5 rings (SSSR count). The molecule has 1 aliphatic heterocycles. The summed E-state index contributed by atoms with van der Waals surface area (Å²) in [5.41, 5.74) is -2.55. The van der Waals surface area contributed by atoms with Crippen molar-refractivity contribution in [3.8, 4) is 11.1 Å². The van der Waals surface area contributed by atoms with E-state index in [9.17, 15) is 30.7 Å². The van der Waals surface area contributed by atoms with Gasteiger partial charge >= 0.3 is 12.4 Å². The van der Waals surface area contributed by atoms with Gasteiger partial charge in [-0.3, -0.25) is 4.98 Å². The first-order chi connectivity index (χ1) is 18.0. The number of pyridine rings is 1. The van der Waals surface area contributed by atoms with Gasteiger partial charge in [0.2, 0.25) is 12.1 Å². The molecule has 2 aromatic heterocycles. The zero-order chi connectivity index (χ0) is 27.1. The zero-order valence-corrected chi connectivity index (χ0v) is 19.1. The Hall–Kier alpha value is -4.35. The summed E-state index contributed by atoms with van der Waals surface area (Å²) in [7, 11) is 0. The number of amidine groups is 1. The monoisotopic (exact) mass is 535 g/mol. The molecule has 0 spiro atoms. The molecule has 0 N–H and O–H groups in total. The molecule has 5 nitrogen and oxygen atoms in total. The topological polar surface area (TPSA) is 50.9 Å². The zero-order valence-electron chi connectivity index (χ0n) is 19.1. The molecular formula is C26H16F7N3O2. The molecule has 0 aliphatic carbocycles. The lowest BCUT2D eigenvalue weighted by molar-refractivity contribution is -0.145. The quantitative estimate of drug-likeness (QED) is 0.250. The number of hydrogen-bond acceptors (Lipinski definition) is 5. The Morgan fingerprint density at radius 1 is 0.868 bits per heavy atom. The highest BCUT2D eigenvalue weighted by Gasteiger charge is 2.43. The average Bonchev–Trinajstić information content (AvgIpc) is 3.54. The minimum Gasteiger partial charge on any atom is -0.461 e. The Morgan fingerprint density at radius 2 is 1.66 bits per heavy atom. The molecule has 4 aromatic rings. The van der Waals surface area contributed by atoms with Crippen LogP contribution in [0.15, 0.2) is 88.9 Å². The number of alkyl halides is 6. The first-order valence-electron chi connectivity index (χ1n) is 11.0. The van der Waals surface area contributed by atoms with Gasteiger partial charge in [-0.25, -0.2) is 4.39 Å². The fraction of sp³-hybridized carbons (Fsp3) is 0.154. The van der Waals surface area contributed by atoms with Crippen LogP contribution in [0, 0.1) is 5.82 Å². The summed E-state index contributed by atoms with van der Waals surface area (Å²) in [6.07, 6.45) is -7.54. The summed E-state index contributed by atoms with van der Waals surface area (Å²) < 4.78 is 102. The largest absolute Gasteiger partial charge is 0.461 e. The molecule has 2 aromatic carbocycles. The maximum atomic E-state index is 14.6. The van der Waals surface area contributed by atoms with E-state index < -0.39 is 41.1 Å². The number of benzene rings is 2. The van der Waals surface area contributed by atoms with E-state index in [1.54, 1.807) is 12.1 Å². The van der Waals surface area contributed by atoms with Gasteiger partial charge in [0.05, 0.1) is 23.9 Å². The van der Waals surface area contributed by atoms with Crippen molar-refractivity contribution in [1.82, 2.24) is 9.88 Å². The second-order valence-electron chi connectivity index (χ2n) is 8.29. The van der Waals surface area contributed by atoms with Crippen molar-refractivity contribution in [2.45, 2.75) is 25.1 Å². The molecule has 0 bridgehead atoms. The van der Waals surface area contributed by atoms with Crippen LogP contribution in [0.1, 0.15) is 34.2 Å². The van der Waals surface area contributed by atoms with Gasteiger partial charge in [-0.15, -0.1) is 0 Å². The van der Waals surface area contributed by atoms with Gasteiger partial charge in [0.25, 0.3) is 0 Å². The highest BCUT2D eigenvalue weighted by molar-refractivity contribution is 5.97. The van der Waals surface area contributed by atoms with Crippen LogP contribution in [-0.4, -0.2) is 15.7 Å². The smallest absolute Gasteiger partial charge is 0.416 e. The van der Waals surface area contributed by atoms with Crippen LogP contribution in [0.2, 0.25) is 0 Å². The standard InChI is InChI=1S/C26H16F7N3O2/c27-21-5-2-1-4-18(21)17-9-10-34-13-15(17)14-36-23(22-6-3-11-37-22)35-38-24(36)19-8-7-16(25(28,29)30)12-20(19)26(31,32)33/h1-13,24H,14H2. The predicted molar refractivity (Wildman–Crippen MR) is 121 cm³/mol. The van der Waals surface area contributed by atoms with Gasteiger partial charge in [0.15, 0.2) is 5.76 Å². The number of furan rings is 1. The molecule has 0 amide bonds. The van der Waals surface area contributed by atoms with Crippen LogP contribution >= 0.6 is 0 Å². The molecule has 1 aliphatic rings. The minimum atomic E-state index is -5.13. The van der Waals surface area contributed by atoms with Gasteiger partial charge in [-0.05, 0) is 47.5 Å². The Bertz CT molecular complexity index is 1480. The molecule has 196 valence electrons. The molecule has 38 heavy (non-hydrogen) atoms. The van der Waals surface area contributed by atoms with Crippen molar-refractivity contribution in [2.75, 3.05) is 0 Å². The van der Waals surface area contributed by atoms with Crippen molar-refractivity contribution in [1.29, 1.82) is 0 Å². The van der Waals surface area contributed by atoms with E-state index in [1.165, 1.54) is 53.9 Å². The number of aromatic nitrogens is 1. The van der Waals surface area contributed by atoms with Crippen LogP contribution in [0.4, 0.5) is 30.7 Å². The second kappa shape index (κ2) is 9.51. The first-order valence-corrected chi connectivity index (χ1v) is 11.0. The molecule has 0 saturated carbocycles. The minimum absolute atomic E-state index is 0.00337. The van der Waals surface area contributed by atoms with E-state index in [0.717, 1.165) is 0 Å². The highest BCUT2D eigenvalue weighted by Crippen LogP contribution is 2.43. The number of oxime groups is 1. The van der Waals surface area contributed by atoms with E-state index in [1.807, 2.05) is 0 Å². The molecule has 1 unspecified atom stereocenters. The second-order valence-corrected chi connectivity index (χ2v) is 8.29. The maximum Gasteiger partial charge on any atom is 0.416 e. The lowest BCUT2D eigenvalue weighted by atomic mass is 9.99. The van der Waals surface area contributed by atoms with Crippen LogP contribution in [-0.2, 0) is 23.7 Å². The van der Waals surface area contributed by atoms with Crippen LogP contribution < -0.4 is 0 Å². The molecule has 0 saturated heterocycles. The average molecular weight is 535 g/mol. The normalized spacial score (nSPS) is 15.9. The third kappa shape index (κ3) is 4.81. The summed E-state index contributed by atoms with van der Waals surface area (Å²) in [6, 6.07) is 11.8. The number of halogens is 7. The fourth-order valence-corrected chi connectivity index (χ4v) is 4.17. The van der Waals surface area contributed by atoms with Crippen molar-refractivity contribution < 1.29 is 40.0 Å². The van der Waals surface area contributed by atoms with Crippen molar-refractivity contribution >= 4 is 5.84 Å². The fourth-order valence-electron chi connectivity index (χ4n) is 4.17. The van der Waals surface area contributed by atoms with E-state index >= 15 is 0 Å². The summed E-state index contributed by atoms with van der Waals surface area (Å²) in [4.78, 5) is 10.7. The number of nitrogens with zero attached hydrogens (tertiary/aromatic N) is 3. The van der Waals surface area contributed by atoms with Gasteiger partial charge in [0.1, 0.15) is 5.82 Å². The van der Waals surface area contributed by atoms with Crippen molar-refractivity contribution in [3.05, 3.63) is 113 Å². The summed E-state index contributed by atoms with van der Waals surface area (Å²) in [5.74, 6) is -0.392. The SMILES string of the molecule is Fc1ccccc1-c1ccncc1CN1C(c2ccco2)=NOC1c1ccc(C(F)(F)F)cc1C(F)(F)F. The molecule has 1 atom stereocenters. The van der Waals surface area contributed by atoms with E-state index in [4.69, 9.17) is 9.25 Å². The molecule has 0 radical (unpaired) electrons. The third-order valence-electron chi connectivity index (χ3n) is 5.90. The van der Waals surface area contributed by atoms with Crippen LogP contribution in [0.5, 0.6) is 0 Å². The Morgan fingerprint density at radius 3 is 2.34 bits per heavy atom. The highest BCUT2D eigenvalue weighted by atomic mass is 19.4. The van der Waals surface area contributed by atoms with E-state index in [0.29, 0.717) is 23.3 Å². The summed E-state index contributed by atoms with van der Waals surface area (Å²) in [5, 5.41) is 3.89. The molecular weight excluding hydrogens is 519 g/mol. The predicted octanol–water partition coefficient (Wildman–Crippen LogP) is 7.41. The lowest BCUT2D eigenvalue weighted by Crippen LogP contribution is -2.32. The summed E-state index contributed by atoms with van der Waals surface area (Å²) >= 11 is 0. The lowest BCUT2D eigenvalue weighted by Gasteiger charge is -2.28. The van der Waals surface area contributed by atoms with Gasteiger partial charge in [0, 0.05) is 23.5 Å². The van der Waals surface area contributed by atoms with Crippen LogP contribution in [0.3, 0.4) is 0 Å². The maximum absolute atomic E-state index is 14.6. The van der Waals surface area contributed by atoms with Gasteiger partial charge < -0.3 is 14.2 Å². The third-order valence-corrected chi connectivity index (χ3v) is 5.90. The molecule has 0 fully saturated rings. The molecule has 12 heteroatoms. The van der Waals surface area contributed by atoms with Crippen molar-refractivity contribution in [2.24, 2.45) is 5.16 Å². The Labute approximate surface area is 210 Å². The first kappa shape index (κ1) is 25.3. The van der Waals surface area contributed by atoms with E-state index in [-0.39, 0.29) is 29.8 Å². The van der Waals surface area contributed by atoms with Gasteiger partial charge in [-0.2, -0.15) is 26.3 Å². The Kier molecular flexibility index (Phi) is 6.33. The van der Waals surface area contributed by atoms with Crippen molar-refractivity contribution in [3.63, 3.8) is 0 Å². The van der Waals surface area contributed by atoms with Gasteiger partial charge in [-0.1, -0.05) is 29.4 Å². The number of hydrogen-bond donors (Lipinski definition) is 0.